The Balaban J connectivity index is 1.97. The van der Waals surface area contributed by atoms with Crippen molar-refractivity contribution in [2.75, 3.05) is 12.4 Å². The summed E-state index contributed by atoms with van der Waals surface area (Å²) in [5, 5.41) is 5.28. The molecular weight excluding hydrogens is 304 g/mol. The molecule has 0 aliphatic carbocycles. The average Bonchev–Trinajstić information content (AvgIpc) is 2.54. The second kappa shape index (κ2) is 7.01. The van der Waals surface area contributed by atoms with E-state index in [2.05, 4.69) is 20.3 Å². The molecule has 116 valence electrons. The predicted molar refractivity (Wildman–Crippen MR) is 82.8 cm³/mol. The number of sulfonamides is 1. The second-order valence-corrected chi connectivity index (χ2v) is 6.29. The summed E-state index contributed by atoms with van der Waals surface area (Å²) >= 11 is 0. The van der Waals surface area contributed by atoms with E-state index in [9.17, 15) is 13.2 Å². The highest BCUT2D eigenvalue weighted by molar-refractivity contribution is 7.89. The summed E-state index contributed by atoms with van der Waals surface area (Å²) < 4.78 is 25.7. The van der Waals surface area contributed by atoms with E-state index in [1.54, 1.807) is 30.5 Å². The largest absolute Gasteiger partial charge is 0.334 e. The fourth-order valence-electron chi connectivity index (χ4n) is 1.73. The summed E-state index contributed by atoms with van der Waals surface area (Å²) in [5.41, 5.74) is 1.25. The minimum Gasteiger partial charge on any atom is -0.334 e. The van der Waals surface area contributed by atoms with E-state index in [1.807, 2.05) is 0 Å². The third kappa shape index (κ3) is 4.27. The van der Waals surface area contributed by atoms with Gasteiger partial charge in [0.25, 0.3) is 0 Å². The first kappa shape index (κ1) is 15.9. The molecule has 0 atom stereocenters. The molecule has 2 aromatic rings. The molecular formula is C14H16N4O3S. The number of amides is 2. The number of anilines is 1. The minimum atomic E-state index is -3.49. The van der Waals surface area contributed by atoms with Crippen LogP contribution in [0.2, 0.25) is 0 Å². The molecule has 0 unspecified atom stereocenters. The van der Waals surface area contributed by atoms with Gasteiger partial charge in [-0.2, -0.15) is 0 Å². The number of carbonyl (C=O) groups is 1. The van der Waals surface area contributed by atoms with E-state index < -0.39 is 16.1 Å². The van der Waals surface area contributed by atoms with Crippen molar-refractivity contribution in [3.63, 3.8) is 0 Å². The van der Waals surface area contributed by atoms with E-state index in [0.717, 1.165) is 0 Å². The van der Waals surface area contributed by atoms with Gasteiger partial charge in [-0.3, -0.25) is 4.98 Å². The fourth-order valence-corrected chi connectivity index (χ4v) is 2.53. The second-order valence-electron chi connectivity index (χ2n) is 4.40. The van der Waals surface area contributed by atoms with Crippen LogP contribution in [0.3, 0.4) is 0 Å². The van der Waals surface area contributed by atoms with E-state index >= 15 is 0 Å². The number of aromatic nitrogens is 1. The third-order valence-electron chi connectivity index (χ3n) is 2.85. The van der Waals surface area contributed by atoms with Crippen LogP contribution in [0.4, 0.5) is 10.5 Å². The van der Waals surface area contributed by atoms with Crippen LogP contribution in [0.15, 0.2) is 53.7 Å². The Morgan fingerprint density at radius 3 is 2.73 bits per heavy atom. The number of hydrogen-bond acceptors (Lipinski definition) is 4. The quantitative estimate of drug-likeness (QED) is 0.773. The molecule has 0 fully saturated rings. The van der Waals surface area contributed by atoms with Crippen LogP contribution in [0.25, 0.3) is 0 Å². The number of hydrogen-bond donors (Lipinski definition) is 3. The Bertz CT molecular complexity index is 748. The van der Waals surface area contributed by atoms with Crippen LogP contribution in [0.5, 0.6) is 0 Å². The standard InChI is InChI=1S/C14H16N4O3S/c1-15-22(20,21)13-6-2-4-11(8-13)9-17-14(19)18-12-5-3-7-16-10-12/h2-8,10,15H,9H2,1H3,(H2,17,18,19). The molecule has 0 aliphatic rings. The number of pyridine rings is 1. The van der Waals surface area contributed by atoms with Crippen LogP contribution >= 0.6 is 0 Å². The summed E-state index contributed by atoms with van der Waals surface area (Å²) in [6, 6.07) is 9.39. The molecule has 3 N–H and O–H groups in total. The highest BCUT2D eigenvalue weighted by Crippen LogP contribution is 2.11. The maximum atomic E-state index is 11.7. The van der Waals surface area contributed by atoms with Crippen molar-refractivity contribution in [3.05, 3.63) is 54.4 Å². The topological polar surface area (TPSA) is 100 Å². The Kier molecular flexibility index (Phi) is 5.08. The van der Waals surface area contributed by atoms with Crippen molar-refractivity contribution < 1.29 is 13.2 Å². The minimum absolute atomic E-state index is 0.155. The van der Waals surface area contributed by atoms with Gasteiger partial charge in [0.05, 0.1) is 16.8 Å². The molecule has 8 heteroatoms. The molecule has 2 rings (SSSR count). The number of rotatable bonds is 5. The highest BCUT2D eigenvalue weighted by Gasteiger charge is 2.11. The fraction of sp³-hybridized carbons (Fsp3) is 0.143. The van der Waals surface area contributed by atoms with Gasteiger partial charge >= 0.3 is 6.03 Å². The van der Waals surface area contributed by atoms with Gasteiger partial charge in [-0.25, -0.2) is 17.9 Å². The van der Waals surface area contributed by atoms with Gasteiger partial charge in [-0.15, -0.1) is 0 Å². The molecule has 0 radical (unpaired) electrons. The molecule has 1 aromatic carbocycles. The van der Waals surface area contributed by atoms with E-state index in [1.165, 1.54) is 25.4 Å². The number of nitrogens with one attached hydrogen (secondary N) is 3. The molecule has 0 saturated heterocycles. The van der Waals surface area contributed by atoms with Gasteiger partial charge in [-0.1, -0.05) is 12.1 Å². The summed E-state index contributed by atoms with van der Waals surface area (Å²) in [6.45, 7) is 0.208. The predicted octanol–water partition coefficient (Wildman–Crippen LogP) is 1.31. The highest BCUT2D eigenvalue weighted by atomic mass is 32.2. The number of carbonyl (C=O) groups excluding carboxylic acids is 1. The lowest BCUT2D eigenvalue weighted by Crippen LogP contribution is -2.28. The van der Waals surface area contributed by atoms with Crippen LogP contribution in [-0.2, 0) is 16.6 Å². The number of benzene rings is 1. The van der Waals surface area contributed by atoms with Gasteiger partial charge < -0.3 is 10.6 Å². The summed E-state index contributed by atoms with van der Waals surface area (Å²) in [4.78, 5) is 15.8. The smallest absolute Gasteiger partial charge is 0.319 e. The first-order chi connectivity index (χ1) is 10.5. The Morgan fingerprint density at radius 1 is 1.23 bits per heavy atom. The zero-order valence-corrected chi connectivity index (χ0v) is 12.7. The van der Waals surface area contributed by atoms with Gasteiger partial charge in [-0.05, 0) is 36.9 Å². The Hall–Kier alpha value is -2.45. The first-order valence-corrected chi connectivity index (χ1v) is 7.97. The van der Waals surface area contributed by atoms with Gasteiger partial charge in [0.2, 0.25) is 10.0 Å². The van der Waals surface area contributed by atoms with Gasteiger partial charge in [0.1, 0.15) is 0 Å². The van der Waals surface area contributed by atoms with Crippen molar-refractivity contribution in [1.82, 2.24) is 15.0 Å². The van der Waals surface area contributed by atoms with Crippen LogP contribution in [0.1, 0.15) is 5.56 Å². The molecule has 1 aromatic heterocycles. The van der Waals surface area contributed by atoms with Crippen molar-refractivity contribution in [3.8, 4) is 0 Å². The zero-order chi connectivity index (χ0) is 16.0. The van der Waals surface area contributed by atoms with Crippen molar-refractivity contribution in [2.24, 2.45) is 0 Å². The van der Waals surface area contributed by atoms with E-state index in [4.69, 9.17) is 0 Å². The van der Waals surface area contributed by atoms with Crippen LogP contribution in [-0.4, -0.2) is 26.5 Å². The SMILES string of the molecule is CNS(=O)(=O)c1cccc(CNC(=O)Nc2cccnc2)c1. The monoisotopic (exact) mass is 320 g/mol. The molecule has 7 nitrogen and oxygen atoms in total. The van der Waals surface area contributed by atoms with Crippen molar-refractivity contribution in [2.45, 2.75) is 11.4 Å². The van der Waals surface area contributed by atoms with Crippen LogP contribution < -0.4 is 15.4 Å². The maximum Gasteiger partial charge on any atom is 0.319 e. The molecule has 2 amide bonds. The lowest BCUT2D eigenvalue weighted by Gasteiger charge is -2.08. The van der Waals surface area contributed by atoms with E-state index in [-0.39, 0.29) is 11.4 Å². The number of urea groups is 1. The lowest BCUT2D eigenvalue weighted by atomic mass is 10.2. The molecule has 0 saturated carbocycles. The van der Waals surface area contributed by atoms with E-state index in [0.29, 0.717) is 11.3 Å². The van der Waals surface area contributed by atoms with Gasteiger partial charge in [0.15, 0.2) is 0 Å². The summed E-state index contributed by atoms with van der Waals surface area (Å²) in [5.74, 6) is 0. The maximum absolute atomic E-state index is 11.7. The lowest BCUT2D eigenvalue weighted by molar-refractivity contribution is 0.251. The molecule has 0 bridgehead atoms. The average molecular weight is 320 g/mol. The Labute approximate surface area is 128 Å². The Morgan fingerprint density at radius 2 is 2.05 bits per heavy atom. The van der Waals surface area contributed by atoms with Crippen LogP contribution in [0, 0.1) is 0 Å². The zero-order valence-electron chi connectivity index (χ0n) is 11.9. The normalized spacial score (nSPS) is 11.0. The molecule has 0 spiro atoms. The molecule has 1 heterocycles. The molecule has 0 aliphatic heterocycles. The summed E-state index contributed by atoms with van der Waals surface area (Å²) in [6.07, 6.45) is 3.14. The number of nitrogens with zero attached hydrogens (tertiary/aromatic N) is 1. The van der Waals surface area contributed by atoms with Crippen molar-refractivity contribution in [1.29, 1.82) is 0 Å². The van der Waals surface area contributed by atoms with Gasteiger partial charge in [0, 0.05) is 12.7 Å². The van der Waals surface area contributed by atoms with Crippen molar-refractivity contribution >= 4 is 21.7 Å². The molecule has 22 heavy (non-hydrogen) atoms. The summed E-state index contributed by atoms with van der Waals surface area (Å²) in [7, 11) is -2.15. The third-order valence-corrected chi connectivity index (χ3v) is 4.26. The first-order valence-electron chi connectivity index (χ1n) is 6.48.